The van der Waals surface area contributed by atoms with Crippen molar-refractivity contribution in [1.29, 1.82) is 0 Å². The van der Waals surface area contributed by atoms with Crippen molar-refractivity contribution in [2.45, 2.75) is 30.3 Å². The molecule has 11 heteroatoms. The van der Waals surface area contributed by atoms with Crippen molar-refractivity contribution in [1.82, 2.24) is 4.31 Å². The minimum Gasteiger partial charge on any atom is -0.452 e. The highest BCUT2D eigenvalue weighted by Gasteiger charge is 2.34. The van der Waals surface area contributed by atoms with Gasteiger partial charge in [0.05, 0.1) is 10.8 Å². The van der Waals surface area contributed by atoms with Crippen LogP contribution in [0.15, 0.2) is 47.4 Å². The van der Waals surface area contributed by atoms with Crippen molar-refractivity contribution in [2.75, 3.05) is 24.7 Å². The van der Waals surface area contributed by atoms with Crippen molar-refractivity contribution in [3.05, 3.63) is 53.8 Å². The Morgan fingerprint density at radius 3 is 2.62 bits per heavy atom. The van der Waals surface area contributed by atoms with Crippen LogP contribution in [0, 0.1) is 5.82 Å². The molecule has 1 aliphatic heterocycles. The van der Waals surface area contributed by atoms with E-state index in [0.717, 1.165) is 10.4 Å². The molecule has 1 heterocycles. The first kappa shape index (κ1) is 23.4. The number of fused-ring (bicyclic) bond motifs is 1. The Morgan fingerprint density at radius 1 is 1.22 bits per heavy atom. The van der Waals surface area contributed by atoms with Crippen LogP contribution in [-0.2, 0) is 29.1 Å². The van der Waals surface area contributed by atoms with Gasteiger partial charge in [-0.2, -0.15) is 0 Å². The lowest BCUT2D eigenvalue weighted by atomic mass is 9.90. The average Bonchev–Trinajstić information content (AvgIpc) is 2.72. The fourth-order valence-electron chi connectivity index (χ4n) is 3.15. The van der Waals surface area contributed by atoms with Gasteiger partial charge in [-0.15, -0.1) is 0 Å². The van der Waals surface area contributed by atoms with Crippen LogP contribution < -0.4 is 10.6 Å². The summed E-state index contributed by atoms with van der Waals surface area (Å²) in [5.74, 6) is -3.51. The second-order valence-electron chi connectivity index (χ2n) is 7.42. The predicted octanol–water partition coefficient (Wildman–Crippen LogP) is 2.07. The van der Waals surface area contributed by atoms with E-state index in [1.165, 1.54) is 57.4 Å². The van der Waals surface area contributed by atoms with Gasteiger partial charge in [-0.3, -0.25) is 14.4 Å². The van der Waals surface area contributed by atoms with Gasteiger partial charge in [0.25, 0.3) is 5.91 Å². The van der Waals surface area contributed by atoms with Gasteiger partial charge in [0.1, 0.15) is 5.82 Å². The number of nitrogens with one attached hydrogen (secondary N) is 2. The molecule has 0 saturated carbocycles. The molecule has 0 fully saturated rings. The summed E-state index contributed by atoms with van der Waals surface area (Å²) in [6.07, 6.45) is -1.43. The van der Waals surface area contributed by atoms with Crippen LogP contribution in [0.4, 0.5) is 15.8 Å². The minimum atomic E-state index is -3.69. The van der Waals surface area contributed by atoms with Gasteiger partial charge in [0, 0.05) is 31.9 Å². The van der Waals surface area contributed by atoms with Crippen molar-refractivity contribution < 1.29 is 31.9 Å². The molecule has 32 heavy (non-hydrogen) atoms. The lowest BCUT2D eigenvalue weighted by molar-refractivity contribution is -0.155. The molecule has 0 aromatic heterocycles. The number of ether oxygens (including phenoxy) is 1. The molecule has 2 amide bonds. The lowest BCUT2D eigenvalue weighted by Crippen LogP contribution is -2.34. The van der Waals surface area contributed by atoms with Gasteiger partial charge in [-0.25, -0.2) is 17.1 Å². The van der Waals surface area contributed by atoms with E-state index in [0.29, 0.717) is 5.56 Å². The van der Waals surface area contributed by atoms with Gasteiger partial charge in [0.15, 0.2) is 6.10 Å². The molecule has 9 nitrogen and oxygen atoms in total. The number of halogens is 1. The summed E-state index contributed by atoms with van der Waals surface area (Å²) in [6, 6.07) is 9.31. The van der Waals surface area contributed by atoms with Crippen LogP contribution in [0.25, 0.3) is 0 Å². The fourth-order valence-corrected chi connectivity index (χ4v) is 4.09. The summed E-state index contributed by atoms with van der Waals surface area (Å²) < 4.78 is 44.3. The molecule has 0 spiro atoms. The number of amides is 2. The number of hydrogen-bond donors (Lipinski definition) is 2. The maximum Gasteiger partial charge on any atom is 0.314 e. The number of nitrogens with zero attached hydrogens (tertiary/aromatic N) is 1. The van der Waals surface area contributed by atoms with Crippen molar-refractivity contribution in [3.63, 3.8) is 0 Å². The Balaban J connectivity index is 1.71. The van der Waals surface area contributed by atoms with Gasteiger partial charge in [-0.1, -0.05) is 12.1 Å². The van der Waals surface area contributed by atoms with E-state index < -0.39 is 45.6 Å². The molecular formula is C21H22FN3O6S. The third kappa shape index (κ3) is 4.94. The minimum absolute atomic E-state index is 0.0120. The summed E-state index contributed by atoms with van der Waals surface area (Å²) in [5, 5.41) is 5.01. The maximum atomic E-state index is 13.5. The lowest BCUT2D eigenvalue weighted by Gasteiger charge is -2.25. The fraction of sp³-hybridized carbons (Fsp3) is 0.286. The number of esters is 1. The molecule has 3 rings (SSSR count). The van der Waals surface area contributed by atoms with Crippen LogP contribution >= 0.6 is 0 Å². The molecular weight excluding hydrogens is 441 g/mol. The van der Waals surface area contributed by atoms with E-state index in [2.05, 4.69) is 10.6 Å². The highest BCUT2D eigenvalue weighted by Crippen LogP contribution is 2.33. The highest BCUT2D eigenvalue weighted by atomic mass is 32.2. The monoisotopic (exact) mass is 463 g/mol. The summed E-state index contributed by atoms with van der Waals surface area (Å²) in [5.41, 5.74) is 0.781. The largest absolute Gasteiger partial charge is 0.452 e. The van der Waals surface area contributed by atoms with E-state index in [-0.39, 0.29) is 22.7 Å². The SMILES string of the molecule is C[C@@H](OC(=O)[C@H]1CC(=O)Nc2cc(F)ccc21)C(=O)Nc1cccc(S(=O)(=O)N(C)C)c1. The Bertz CT molecular complexity index is 1180. The zero-order valence-electron chi connectivity index (χ0n) is 17.6. The molecule has 170 valence electrons. The number of benzene rings is 2. The quantitative estimate of drug-likeness (QED) is 0.633. The van der Waals surface area contributed by atoms with E-state index in [1.54, 1.807) is 0 Å². The van der Waals surface area contributed by atoms with Crippen molar-refractivity contribution in [3.8, 4) is 0 Å². The first-order chi connectivity index (χ1) is 15.0. The van der Waals surface area contributed by atoms with E-state index in [9.17, 15) is 27.2 Å². The Labute approximate surface area is 184 Å². The van der Waals surface area contributed by atoms with Gasteiger partial charge >= 0.3 is 5.97 Å². The molecule has 0 bridgehead atoms. The number of carbonyl (C=O) groups is 3. The molecule has 2 atom stereocenters. The summed E-state index contributed by atoms with van der Waals surface area (Å²) in [7, 11) is -0.915. The van der Waals surface area contributed by atoms with Crippen LogP contribution in [0.1, 0.15) is 24.8 Å². The number of sulfonamides is 1. The Hall–Kier alpha value is -3.31. The van der Waals surface area contributed by atoms with Crippen LogP contribution in [0.2, 0.25) is 0 Å². The average molecular weight is 463 g/mol. The molecule has 0 saturated heterocycles. The molecule has 0 radical (unpaired) electrons. The van der Waals surface area contributed by atoms with Crippen molar-refractivity contribution in [2.24, 2.45) is 0 Å². The second-order valence-corrected chi connectivity index (χ2v) is 9.57. The van der Waals surface area contributed by atoms with Gasteiger partial charge in [0.2, 0.25) is 15.9 Å². The first-order valence-electron chi connectivity index (χ1n) is 9.62. The Kier molecular flexibility index (Phi) is 6.60. The molecule has 0 aliphatic carbocycles. The highest BCUT2D eigenvalue weighted by molar-refractivity contribution is 7.89. The molecule has 2 N–H and O–H groups in total. The molecule has 2 aromatic carbocycles. The van der Waals surface area contributed by atoms with Gasteiger partial charge < -0.3 is 15.4 Å². The molecule has 0 unspecified atom stereocenters. The zero-order valence-corrected chi connectivity index (χ0v) is 18.4. The van der Waals surface area contributed by atoms with Crippen molar-refractivity contribution >= 4 is 39.2 Å². The van der Waals surface area contributed by atoms with Crippen LogP contribution in [0.3, 0.4) is 0 Å². The first-order valence-corrected chi connectivity index (χ1v) is 11.1. The summed E-state index contributed by atoms with van der Waals surface area (Å²) in [4.78, 5) is 37.0. The summed E-state index contributed by atoms with van der Waals surface area (Å²) in [6.45, 7) is 1.35. The third-order valence-electron chi connectivity index (χ3n) is 4.88. The second kappa shape index (κ2) is 9.05. The third-order valence-corrected chi connectivity index (χ3v) is 6.69. The van der Waals surface area contributed by atoms with E-state index in [1.807, 2.05) is 0 Å². The number of carbonyl (C=O) groups excluding carboxylic acids is 3. The Morgan fingerprint density at radius 2 is 1.94 bits per heavy atom. The van der Waals surface area contributed by atoms with Crippen LogP contribution in [0.5, 0.6) is 0 Å². The topological polar surface area (TPSA) is 122 Å². The number of hydrogen-bond acceptors (Lipinski definition) is 6. The number of rotatable bonds is 6. The normalized spacial score (nSPS) is 16.7. The zero-order chi connectivity index (χ0) is 23.6. The molecule has 2 aromatic rings. The standard InChI is InChI=1S/C21H22FN3O6S/c1-12(20(27)23-14-5-4-6-15(10-14)32(29,30)25(2)3)31-21(28)17-11-19(26)24-18-9-13(22)7-8-16(17)18/h4-10,12,17H,11H2,1-3H3,(H,23,27)(H,24,26)/t12-,17+/m1/s1. The van der Waals surface area contributed by atoms with Gasteiger partial charge in [-0.05, 0) is 42.8 Å². The number of anilines is 2. The molecule has 1 aliphatic rings. The summed E-state index contributed by atoms with van der Waals surface area (Å²) >= 11 is 0. The van der Waals surface area contributed by atoms with E-state index in [4.69, 9.17) is 4.74 Å². The van der Waals surface area contributed by atoms with Crippen LogP contribution in [-0.4, -0.2) is 50.7 Å². The maximum absolute atomic E-state index is 13.5. The predicted molar refractivity (Wildman–Crippen MR) is 114 cm³/mol. The smallest absolute Gasteiger partial charge is 0.314 e. The van der Waals surface area contributed by atoms with E-state index >= 15 is 0 Å².